The zero-order chi connectivity index (χ0) is 25.5. The second-order valence-corrected chi connectivity index (χ2v) is 9.79. The van der Waals surface area contributed by atoms with Gasteiger partial charge in [-0.2, -0.15) is 5.26 Å². The smallest absolute Gasteiger partial charge is 0.323 e. The molecular formula is C27H35N5O3. The van der Waals surface area contributed by atoms with Crippen molar-refractivity contribution in [2.75, 3.05) is 35.2 Å². The maximum atomic E-state index is 12.9. The molecule has 1 fully saturated rings. The number of carbonyl (C=O) groups is 2. The number of ether oxygens (including phenoxy) is 1. The number of hydrogen-bond donors (Lipinski definition) is 2. The Labute approximate surface area is 207 Å². The molecule has 35 heavy (non-hydrogen) atoms. The van der Waals surface area contributed by atoms with Gasteiger partial charge in [-0.25, -0.2) is 9.78 Å². The lowest BCUT2D eigenvalue weighted by Crippen LogP contribution is -2.32. The van der Waals surface area contributed by atoms with E-state index in [0.717, 1.165) is 30.8 Å². The van der Waals surface area contributed by atoms with Crippen LogP contribution in [0.1, 0.15) is 58.2 Å². The Morgan fingerprint density at radius 3 is 2.43 bits per heavy atom. The van der Waals surface area contributed by atoms with E-state index >= 15 is 0 Å². The van der Waals surface area contributed by atoms with Crippen molar-refractivity contribution in [3.05, 3.63) is 47.8 Å². The monoisotopic (exact) mass is 477 g/mol. The van der Waals surface area contributed by atoms with Crippen molar-refractivity contribution in [2.45, 2.75) is 47.0 Å². The van der Waals surface area contributed by atoms with Crippen molar-refractivity contribution < 1.29 is 14.3 Å². The molecule has 8 nitrogen and oxygen atoms in total. The number of hydrogen-bond acceptors (Lipinski definition) is 6. The van der Waals surface area contributed by atoms with Gasteiger partial charge < -0.3 is 20.3 Å². The fraction of sp³-hybridized carbons (Fsp3) is 0.481. The quantitative estimate of drug-likeness (QED) is 0.445. The maximum Gasteiger partial charge on any atom is 0.323 e. The van der Waals surface area contributed by atoms with E-state index in [1.54, 1.807) is 12.1 Å². The van der Waals surface area contributed by atoms with Crippen molar-refractivity contribution in [1.82, 2.24) is 4.98 Å². The third-order valence-electron chi connectivity index (χ3n) is 5.72. The number of amides is 2. The lowest BCUT2D eigenvalue weighted by molar-refractivity contribution is -0.144. The average Bonchev–Trinajstić information content (AvgIpc) is 3.60. The molecule has 1 aromatic heterocycles. The number of anilines is 3. The number of carbonyl (C=O) groups excluding carboxylic acids is 2. The van der Waals surface area contributed by atoms with Gasteiger partial charge in [-0.15, -0.1) is 0 Å². The SMILES string of the molecule is CCOC(=O)[C@H]1C[C@H]1c1ccc(N(CC(C)C)CC(C)C)c(NC(=O)Nc2ccc(C#N)nc2)c1. The van der Waals surface area contributed by atoms with Gasteiger partial charge in [0.25, 0.3) is 0 Å². The van der Waals surface area contributed by atoms with Crippen LogP contribution < -0.4 is 15.5 Å². The summed E-state index contributed by atoms with van der Waals surface area (Å²) in [5.41, 5.74) is 3.42. The molecule has 0 saturated heterocycles. The lowest BCUT2D eigenvalue weighted by Gasteiger charge is -2.30. The molecule has 2 amide bonds. The van der Waals surface area contributed by atoms with E-state index in [-0.39, 0.29) is 23.5 Å². The molecule has 0 spiro atoms. The van der Waals surface area contributed by atoms with Crippen molar-refractivity contribution in [2.24, 2.45) is 17.8 Å². The van der Waals surface area contributed by atoms with Crippen LogP contribution in [0, 0.1) is 29.1 Å². The van der Waals surface area contributed by atoms with Crippen LogP contribution in [-0.2, 0) is 9.53 Å². The van der Waals surface area contributed by atoms with Gasteiger partial charge in [-0.3, -0.25) is 4.79 Å². The summed E-state index contributed by atoms with van der Waals surface area (Å²) < 4.78 is 5.19. The Hall–Kier alpha value is -3.60. The summed E-state index contributed by atoms with van der Waals surface area (Å²) >= 11 is 0. The summed E-state index contributed by atoms with van der Waals surface area (Å²) in [6.45, 7) is 12.6. The van der Waals surface area contributed by atoms with Crippen molar-refractivity contribution in [3.8, 4) is 6.07 Å². The van der Waals surface area contributed by atoms with Crippen molar-refractivity contribution >= 4 is 29.1 Å². The van der Waals surface area contributed by atoms with Crippen molar-refractivity contribution in [1.29, 1.82) is 5.26 Å². The van der Waals surface area contributed by atoms with E-state index in [9.17, 15) is 9.59 Å². The van der Waals surface area contributed by atoms with Gasteiger partial charge in [0.15, 0.2) is 0 Å². The van der Waals surface area contributed by atoms with Gasteiger partial charge in [0.05, 0.1) is 35.8 Å². The highest BCUT2D eigenvalue weighted by Gasteiger charge is 2.45. The fourth-order valence-corrected chi connectivity index (χ4v) is 4.20. The molecule has 0 unspecified atom stereocenters. The lowest BCUT2D eigenvalue weighted by atomic mass is 10.0. The summed E-state index contributed by atoms with van der Waals surface area (Å²) in [5, 5.41) is 14.7. The van der Waals surface area contributed by atoms with Crippen LogP contribution >= 0.6 is 0 Å². The minimum Gasteiger partial charge on any atom is -0.466 e. The van der Waals surface area contributed by atoms with E-state index < -0.39 is 6.03 Å². The first-order valence-electron chi connectivity index (χ1n) is 12.2. The fourth-order valence-electron chi connectivity index (χ4n) is 4.20. The molecule has 1 aliphatic rings. The molecule has 0 aliphatic heterocycles. The largest absolute Gasteiger partial charge is 0.466 e. The van der Waals surface area contributed by atoms with Crippen LogP contribution in [0.25, 0.3) is 0 Å². The van der Waals surface area contributed by atoms with Gasteiger partial charge in [-0.1, -0.05) is 33.8 Å². The number of esters is 1. The first-order chi connectivity index (χ1) is 16.7. The Balaban J connectivity index is 1.87. The summed E-state index contributed by atoms with van der Waals surface area (Å²) in [7, 11) is 0. The van der Waals surface area contributed by atoms with Gasteiger partial charge in [-0.05, 0) is 60.9 Å². The molecule has 186 valence electrons. The number of benzene rings is 1. The van der Waals surface area contributed by atoms with Crippen LogP contribution in [0.5, 0.6) is 0 Å². The number of nitriles is 1. The number of urea groups is 1. The Kier molecular flexibility index (Phi) is 8.69. The van der Waals surface area contributed by atoms with Crippen LogP contribution in [0.15, 0.2) is 36.5 Å². The summed E-state index contributed by atoms with van der Waals surface area (Å²) in [6.07, 6.45) is 2.20. The molecule has 1 aliphatic carbocycles. The molecule has 0 bridgehead atoms. The van der Waals surface area contributed by atoms with Crippen LogP contribution in [-0.4, -0.2) is 36.7 Å². The Morgan fingerprint density at radius 2 is 1.86 bits per heavy atom. The predicted octanol–water partition coefficient (Wildman–Crippen LogP) is 5.38. The topological polar surface area (TPSA) is 107 Å². The van der Waals surface area contributed by atoms with Gasteiger partial charge in [0, 0.05) is 13.1 Å². The van der Waals surface area contributed by atoms with E-state index in [0.29, 0.717) is 29.8 Å². The Morgan fingerprint density at radius 1 is 1.14 bits per heavy atom. The molecule has 8 heteroatoms. The minimum atomic E-state index is -0.401. The molecule has 1 aromatic carbocycles. The first-order valence-corrected chi connectivity index (χ1v) is 12.2. The molecule has 1 saturated carbocycles. The molecule has 2 aromatic rings. The number of nitrogens with zero attached hydrogens (tertiary/aromatic N) is 3. The van der Waals surface area contributed by atoms with E-state index in [1.807, 2.05) is 25.1 Å². The van der Waals surface area contributed by atoms with Gasteiger partial charge >= 0.3 is 12.0 Å². The van der Waals surface area contributed by atoms with Crippen LogP contribution in [0.3, 0.4) is 0 Å². The average molecular weight is 478 g/mol. The molecule has 1 heterocycles. The zero-order valence-corrected chi connectivity index (χ0v) is 21.2. The van der Waals surface area contributed by atoms with Gasteiger partial charge in [0.1, 0.15) is 11.8 Å². The normalized spacial score (nSPS) is 16.5. The highest BCUT2D eigenvalue weighted by molar-refractivity contribution is 6.02. The standard InChI is InChI=1S/C27H35N5O3/c1-6-35-26(33)23-12-22(23)19-7-10-25(32(15-17(2)3)16-18(4)5)24(11-19)31-27(34)30-21-9-8-20(13-28)29-14-21/h7-11,14,17-18,22-23H,6,12,15-16H2,1-5H3,(H2,30,31,34)/t22-,23-/m0/s1. The number of pyridine rings is 1. The Bertz CT molecular complexity index is 1070. The van der Waals surface area contributed by atoms with E-state index in [4.69, 9.17) is 10.00 Å². The van der Waals surface area contributed by atoms with Crippen LogP contribution in [0.4, 0.5) is 21.9 Å². The molecule has 2 atom stereocenters. The zero-order valence-electron chi connectivity index (χ0n) is 21.2. The molecule has 3 rings (SSSR count). The van der Waals surface area contributed by atoms with Gasteiger partial charge in [0.2, 0.25) is 0 Å². The first kappa shape index (κ1) is 26.0. The maximum absolute atomic E-state index is 12.9. The molecular weight excluding hydrogens is 442 g/mol. The highest BCUT2D eigenvalue weighted by atomic mass is 16.5. The second-order valence-electron chi connectivity index (χ2n) is 9.79. The summed E-state index contributed by atoms with van der Waals surface area (Å²) in [6, 6.07) is 10.8. The molecule has 0 radical (unpaired) electrons. The second kappa shape index (κ2) is 11.7. The summed E-state index contributed by atoms with van der Waals surface area (Å²) in [5.74, 6) is 0.684. The highest BCUT2D eigenvalue weighted by Crippen LogP contribution is 2.49. The third-order valence-corrected chi connectivity index (χ3v) is 5.72. The predicted molar refractivity (Wildman–Crippen MR) is 137 cm³/mol. The number of nitrogens with one attached hydrogen (secondary N) is 2. The minimum absolute atomic E-state index is 0.0954. The number of rotatable bonds is 10. The third kappa shape index (κ3) is 7.19. The van der Waals surface area contributed by atoms with Crippen molar-refractivity contribution in [3.63, 3.8) is 0 Å². The van der Waals surface area contributed by atoms with Crippen LogP contribution in [0.2, 0.25) is 0 Å². The molecule has 2 N–H and O–H groups in total. The number of aromatic nitrogens is 1. The summed E-state index contributed by atoms with van der Waals surface area (Å²) in [4.78, 5) is 31.4. The van der Waals surface area contributed by atoms with E-state index in [2.05, 4.69) is 54.3 Å². The van der Waals surface area contributed by atoms with E-state index in [1.165, 1.54) is 6.20 Å².